The van der Waals surface area contributed by atoms with Crippen molar-refractivity contribution >= 4 is 11.4 Å². The zero-order chi connectivity index (χ0) is 17.0. The minimum atomic E-state index is 0.0492. The van der Waals surface area contributed by atoms with Crippen LogP contribution in [0.2, 0.25) is 0 Å². The molecule has 5 heteroatoms. The molecule has 3 aliphatic rings. The highest BCUT2D eigenvalue weighted by Crippen LogP contribution is 2.48. The average Bonchev–Trinajstić information content (AvgIpc) is 2.42. The van der Waals surface area contributed by atoms with Gasteiger partial charge < -0.3 is 5.21 Å². The molecular formula is C18H27N3O2. The Morgan fingerprint density at radius 2 is 1.70 bits per heavy atom. The number of aliphatic imine (C=N–C) groups is 1. The van der Waals surface area contributed by atoms with Gasteiger partial charge in [0.15, 0.2) is 0 Å². The standard InChI is InChI=1S/C18H27N3O2/c1-10-15-11(6-17(2,3)8-13(15)20-22)19-12-7-18(4,5)9-14(21-23)16(10)12/h10,20,22-23H,6-9H2,1-5H3/b21-14-. The number of nitrogens with zero attached hydrogens (tertiary/aromatic N) is 2. The van der Waals surface area contributed by atoms with E-state index in [1.165, 1.54) is 0 Å². The molecule has 1 unspecified atom stereocenters. The Bertz CT molecular complexity index is 666. The van der Waals surface area contributed by atoms with Crippen LogP contribution in [0.25, 0.3) is 0 Å². The first-order chi connectivity index (χ1) is 10.7. The molecule has 0 fully saturated rings. The van der Waals surface area contributed by atoms with Crippen molar-refractivity contribution in [1.82, 2.24) is 5.48 Å². The third-order valence-corrected chi connectivity index (χ3v) is 5.24. The van der Waals surface area contributed by atoms with Gasteiger partial charge in [0, 0.05) is 34.2 Å². The maximum absolute atomic E-state index is 9.62. The fraction of sp³-hybridized carbons (Fsp3) is 0.667. The van der Waals surface area contributed by atoms with Gasteiger partial charge in [0.2, 0.25) is 0 Å². The normalized spacial score (nSPS) is 30.8. The fourth-order valence-corrected chi connectivity index (χ4v) is 4.39. The summed E-state index contributed by atoms with van der Waals surface area (Å²) in [5.74, 6) is 0.0882. The Balaban J connectivity index is 2.17. The predicted molar refractivity (Wildman–Crippen MR) is 90.8 cm³/mol. The molecule has 1 heterocycles. The van der Waals surface area contributed by atoms with Crippen molar-refractivity contribution in [3.05, 3.63) is 22.5 Å². The highest BCUT2D eigenvalue weighted by atomic mass is 16.5. The second-order valence-electron chi connectivity index (χ2n) is 8.73. The van der Waals surface area contributed by atoms with Gasteiger partial charge in [0.05, 0.1) is 5.71 Å². The van der Waals surface area contributed by atoms with E-state index < -0.39 is 0 Å². The lowest BCUT2D eigenvalue weighted by atomic mass is 9.66. The minimum Gasteiger partial charge on any atom is -0.411 e. The van der Waals surface area contributed by atoms with E-state index >= 15 is 0 Å². The molecule has 0 saturated carbocycles. The lowest BCUT2D eigenvalue weighted by molar-refractivity contribution is 0.179. The summed E-state index contributed by atoms with van der Waals surface area (Å²) >= 11 is 0. The van der Waals surface area contributed by atoms with Gasteiger partial charge >= 0.3 is 0 Å². The van der Waals surface area contributed by atoms with Crippen molar-refractivity contribution in [2.24, 2.45) is 26.9 Å². The van der Waals surface area contributed by atoms with E-state index in [4.69, 9.17) is 4.99 Å². The molecular weight excluding hydrogens is 290 g/mol. The molecule has 2 aliphatic carbocycles. The number of rotatable bonds is 1. The maximum Gasteiger partial charge on any atom is 0.0857 e. The van der Waals surface area contributed by atoms with Crippen molar-refractivity contribution in [2.75, 3.05) is 0 Å². The molecule has 3 N–H and O–H groups in total. The van der Waals surface area contributed by atoms with Gasteiger partial charge in [0.25, 0.3) is 0 Å². The van der Waals surface area contributed by atoms with Crippen LogP contribution in [0.4, 0.5) is 0 Å². The molecule has 3 rings (SSSR count). The van der Waals surface area contributed by atoms with Crippen LogP contribution < -0.4 is 5.48 Å². The molecule has 0 aromatic rings. The SMILES string of the molecule is CC1C2=C(NO)CC(C)(C)CC2=NC2=C1/C(=N\O)CC(C)(C)C2. The topological polar surface area (TPSA) is 77.2 Å². The minimum absolute atomic E-state index is 0.0492. The van der Waals surface area contributed by atoms with E-state index in [-0.39, 0.29) is 16.7 Å². The van der Waals surface area contributed by atoms with Gasteiger partial charge in [-0.05, 0) is 36.5 Å². The van der Waals surface area contributed by atoms with E-state index in [1.54, 1.807) is 0 Å². The summed E-state index contributed by atoms with van der Waals surface area (Å²) in [5.41, 5.74) is 8.35. The monoisotopic (exact) mass is 317 g/mol. The maximum atomic E-state index is 9.62. The molecule has 1 atom stereocenters. The van der Waals surface area contributed by atoms with Gasteiger partial charge in [-0.1, -0.05) is 39.8 Å². The number of hydroxylamine groups is 1. The van der Waals surface area contributed by atoms with Crippen molar-refractivity contribution in [2.45, 2.75) is 60.3 Å². The van der Waals surface area contributed by atoms with Gasteiger partial charge in [-0.25, -0.2) is 0 Å². The van der Waals surface area contributed by atoms with Crippen molar-refractivity contribution in [3.8, 4) is 0 Å². The third kappa shape index (κ3) is 2.71. The molecule has 0 spiro atoms. The zero-order valence-electron chi connectivity index (χ0n) is 14.7. The van der Waals surface area contributed by atoms with Crippen LogP contribution in [0, 0.1) is 16.7 Å². The van der Waals surface area contributed by atoms with Gasteiger partial charge in [0.1, 0.15) is 0 Å². The number of hydrogen-bond donors (Lipinski definition) is 3. The van der Waals surface area contributed by atoms with Crippen LogP contribution in [0.1, 0.15) is 60.3 Å². The van der Waals surface area contributed by atoms with Crippen LogP contribution in [0.15, 0.2) is 32.7 Å². The molecule has 126 valence electrons. The van der Waals surface area contributed by atoms with Crippen LogP contribution in [0.3, 0.4) is 0 Å². The lowest BCUT2D eigenvalue weighted by Gasteiger charge is -2.42. The number of oxime groups is 1. The largest absolute Gasteiger partial charge is 0.411 e. The summed E-state index contributed by atoms with van der Waals surface area (Å²) in [4.78, 5) is 4.96. The molecule has 23 heavy (non-hydrogen) atoms. The Morgan fingerprint density at radius 3 is 2.30 bits per heavy atom. The third-order valence-electron chi connectivity index (χ3n) is 5.24. The fourth-order valence-electron chi connectivity index (χ4n) is 4.39. The summed E-state index contributed by atoms with van der Waals surface area (Å²) in [7, 11) is 0. The lowest BCUT2D eigenvalue weighted by Crippen LogP contribution is -2.38. The van der Waals surface area contributed by atoms with Crippen LogP contribution in [-0.4, -0.2) is 21.8 Å². The van der Waals surface area contributed by atoms with E-state index in [2.05, 4.69) is 45.3 Å². The Morgan fingerprint density at radius 1 is 1.04 bits per heavy atom. The summed E-state index contributed by atoms with van der Waals surface area (Å²) < 4.78 is 0. The van der Waals surface area contributed by atoms with Gasteiger partial charge in [-0.15, -0.1) is 0 Å². The molecule has 0 radical (unpaired) electrons. The number of hydrogen-bond acceptors (Lipinski definition) is 5. The van der Waals surface area contributed by atoms with Crippen LogP contribution >= 0.6 is 0 Å². The van der Waals surface area contributed by atoms with Gasteiger partial charge in [-0.3, -0.25) is 15.7 Å². The number of allylic oxidation sites excluding steroid dienone is 4. The number of nitrogens with one attached hydrogen (secondary N) is 1. The number of fused-ring (bicyclic) bond motifs is 1. The van der Waals surface area contributed by atoms with E-state index in [0.717, 1.165) is 59.6 Å². The second-order valence-corrected chi connectivity index (χ2v) is 8.73. The Hall–Kier alpha value is -1.62. The van der Waals surface area contributed by atoms with E-state index in [0.29, 0.717) is 0 Å². The molecule has 0 aromatic carbocycles. The summed E-state index contributed by atoms with van der Waals surface area (Å²) in [5, 5.41) is 22.7. The smallest absolute Gasteiger partial charge is 0.0857 e. The zero-order valence-corrected chi connectivity index (χ0v) is 14.7. The van der Waals surface area contributed by atoms with Crippen LogP contribution in [-0.2, 0) is 0 Å². The average molecular weight is 317 g/mol. The van der Waals surface area contributed by atoms with Crippen LogP contribution in [0.5, 0.6) is 0 Å². The second kappa shape index (κ2) is 5.20. The van der Waals surface area contributed by atoms with Crippen molar-refractivity contribution in [3.63, 3.8) is 0 Å². The molecule has 0 bridgehead atoms. The highest BCUT2D eigenvalue weighted by molar-refractivity contribution is 6.10. The first-order valence-corrected chi connectivity index (χ1v) is 8.33. The first-order valence-electron chi connectivity index (χ1n) is 8.33. The highest BCUT2D eigenvalue weighted by Gasteiger charge is 2.42. The summed E-state index contributed by atoms with van der Waals surface area (Å²) in [6, 6.07) is 0. The van der Waals surface area contributed by atoms with E-state index in [9.17, 15) is 10.4 Å². The first kappa shape index (κ1) is 16.2. The quantitative estimate of drug-likeness (QED) is 0.504. The summed E-state index contributed by atoms with van der Waals surface area (Å²) in [6.45, 7) is 10.9. The molecule has 1 aliphatic heterocycles. The van der Waals surface area contributed by atoms with Crippen molar-refractivity contribution in [1.29, 1.82) is 0 Å². The molecule has 0 aromatic heterocycles. The predicted octanol–water partition coefficient (Wildman–Crippen LogP) is 4.03. The van der Waals surface area contributed by atoms with Crippen molar-refractivity contribution < 1.29 is 10.4 Å². The van der Waals surface area contributed by atoms with Gasteiger partial charge in [-0.2, -0.15) is 0 Å². The summed E-state index contributed by atoms with van der Waals surface area (Å²) in [6.07, 6.45) is 3.34. The molecule has 5 nitrogen and oxygen atoms in total. The Kier molecular flexibility index (Phi) is 3.67. The Labute approximate surface area is 137 Å². The van der Waals surface area contributed by atoms with E-state index in [1.807, 2.05) is 0 Å². The molecule has 0 saturated heterocycles. The molecule has 0 amide bonds.